The van der Waals surface area contributed by atoms with Gasteiger partial charge in [0, 0.05) is 10.9 Å². The van der Waals surface area contributed by atoms with E-state index in [1.807, 2.05) is 30.5 Å². The van der Waals surface area contributed by atoms with Crippen molar-refractivity contribution < 1.29 is 4.74 Å². The van der Waals surface area contributed by atoms with Crippen LogP contribution in [0.1, 0.15) is 63.1 Å². The molecule has 0 aliphatic heterocycles. The van der Waals surface area contributed by atoms with E-state index in [0.29, 0.717) is 5.02 Å². The van der Waals surface area contributed by atoms with Crippen LogP contribution in [0.3, 0.4) is 0 Å². The van der Waals surface area contributed by atoms with Gasteiger partial charge in [-0.1, -0.05) is 57.0 Å². The summed E-state index contributed by atoms with van der Waals surface area (Å²) < 4.78 is 5.79. The number of aromatic nitrogens is 1. The molecule has 0 aliphatic carbocycles. The molecule has 1 aromatic carbocycles. The van der Waals surface area contributed by atoms with Crippen LogP contribution in [0.15, 0.2) is 28.7 Å². The summed E-state index contributed by atoms with van der Waals surface area (Å²) in [6.07, 6.45) is 10.6. The van der Waals surface area contributed by atoms with Gasteiger partial charge < -0.3 is 4.74 Å². The van der Waals surface area contributed by atoms with Crippen LogP contribution in [0, 0.1) is 6.92 Å². The summed E-state index contributed by atoms with van der Waals surface area (Å²) in [6, 6.07) is 5.69. The summed E-state index contributed by atoms with van der Waals surface area (Å²) in [7, 11) is 0. The summed E-state index contributed by atoms with van der Waals surface area (Å²) in [4.78, 5) is 4.29. The number of anilines is 1. The normalized spacial score (nSPS) is 11.2. The maximum Gasteiger partial charge on any atom is 0.203 e. The summed E-state index contributed by atoms with van der Waals surface area (Å²) in [6.45, 7) is 4.93. The molecule has 142 valence electrons. The van der Waals surface area contributed by atoms with Gasteiger partial charge in [0.15, 0.2) is 0 Å². The average molecular weight is 394 g/mol. The second-order valence-corrected chi connectivity index (χ2v) is 7.58. The zero-order valence-corrected chi connectivity index (χ0v) is 17.2. The van der Waals surface area contributed by atoms with Crippen LogP contribution in [-0.2, 0) is 0 Å². The van der Waals surface area contributed by atoms with E-state index >= 15 is 0 Å². The predicted octanol–water partition coefficient (Wildman–Crippen LogP) is 6.68. The number of thiazole rings is 1. The molecule has 6 heteroatoms. The summed E-state index contributed by atoms with van der Waals surface area (Å²) in [5.74, 6) is 0.807. The number of benzene rings is 1. The number of hydrogen-bond donors (Lipinski definition) is 1. The number of hydrogen-bond acceptors (Lipinski definition) is 5. The number of unbranched alkanes of at least 4 members (excludes halogenated alkanes) is 6. The first-order chi connectivity index (χ1) is 12.7. The second kappa shape index (κ2) is 11.9. The quantitative estimate of drug-likeness (QED) is 0.248. The number of aryl methyl sites for hydroxylation is 1. The third kappa shape index (κ3) is 7.75. The van der Waals surface area contributed by atoms with Crippen LogP contribution in [0.5, 0.6) is 5.75 Å². The highest BCUT2D eigenvalue weighted by atomic mass is 35.5. The molecule has 1 N–H and O–H groups in total. The first kappa shape index (κ1) is 20.7. The molecule has 0 atom stereocenters. The van der Waals surface area contributed by atoms with Crippen molar-refractivity contribution in [1.29, 1.82) is 0 Å². The van der Waals surface area contributed by atoms with Gasteiger partial charge in [0.05, 0.1) is 23.5 Å². The molecule has 0 saturated heterocycles. The third-order valence-electron chi connectivity index (χ3n) is 3.97. The Morgan fingerprint density at radius 3 is 2.65 bits per heavy atom. The molecular formula is C20H28ClN3OS. The molecule has 1 heterocycles. The van der Waals surface area contributed by atoms with Crippen molar-refractivity contribution in [2.75, 3.05) is 12.0 Å². The number of ether oxygens (including phenoxy) is 1. The van der Waals surface area contributed by atoms with Crippen molar-refractivity contribution >= 4 is 34.3 Å². The highest BCUT2D eigenvalue weighted by Gasteiger charge is 2.02. The third-order valence-corrected chi connectivity index (χ3v) is 5.16. The van der Waals surface area contributed by atoms with Crippen LogP contribution in [0.2, 0.25) is 5.02 Å². The molecule has 2 aromatic rings. The smallest absolute Gasteiger partial charge is 0.203 e. The van der Waals surface area contributed by atoms with Crippen LogP contribution in [-0.4, -0.2) is 17.8 Å². The highest BCUT2D eigenvalue weighted by molar-refractivity contribution is 7.13. The SMILES string of the molecule is CCCCCCCCCOc1ccc(/C=N\Nc2nc(C)cs2)c(Cl)c1. The lowest BCUT2D eigenvalue weighted by Gasteiger charge is -2.07. The Morgan fingerprint density at radius 2 is 1.96 bits per heavy atom. The van der Waals surface area contributed by atoms with E-state index < -0.39 is 0 Å². The summed E-state index contributed by atoms with van der Waals surface area (Å²) in [5.41, 5.74) is 4.73. The van der Waals surface area contributed by atoms with E-state index in [9.17, 15) is 0 Å². The van der Waals surface area contributed by atoms with Crippen molar-refractivity contribution in [3.05, 3.63) is 39.9 Å². The number of rotatable bonds is 12. The summed E-state index contributed by atoms with van der Waals surface area (Å²) in [5, 5.41) is 7.55. The van der Waals surface area contributed by atoms with Crippen LogP contribution in [0.25, 0.3) is 0 Å². The molecule has 0 spiro atoms. The minimum atomic E-state index is 0.628. The fourth-order valence-electron chi connectivity index (χ4n) is 2.51. The zero-order chi connectivity index (χ0) is 18.6. The second-order valence-electron chi connectivity index (χ2n) is 6.32. The summed E-state index contributed by atoms with van der Waals surface area (Å²) >= 11 is 7.83. The van der Waals surface area contributed by atoms with Crippen LogP contribution in [0.4, 0.5) is 5.13 Å². The molecular weight excluding hydrogens is 366 g/mol. The van der Waals surface area contributed by atoms with E-state index in [1.165, 1.54) is 49.9 Å². The standard InChI is InChI=1S/C20H28ClN3OS/c1-3-4-5-6-7-8-9-12-25-18-11-10-17(19(21)13-18)14-22-24-20-23-16(2)15-26-20/h10-11,13-15H,3-9,12H2,1-2H3,(H,23,24)/b22-14-. The largest absolute Gasteiger partial charge is 0.494 e. The first-order valence-electron chi connectivity index (χ1n) is 9.32. The van der Waals surface area contributed by atoms with Crippen molar-refractivity contribution in [2.45, 2.75) is 58.8 Å². The van der Waals surface area contributed by atoms with Gasteiger partial charge in [-0.05, 0) is 31.5 Å². The van der Waals surface area contributed by atoms with Gasteiger partial charge in [-0.3, -0.25) is 5.43 Å². The Morgan fingerprint density at radius 1 is 1.19 bits per heavy atom. The van der Waals surface area contributed by atoms with Gasteiger partial charge in [-0.15, -0.1) is 11.3 Å². The highest BCUT2D eigenvalue weighted by Crippen LogP contribution is 2.22. The van der Waals surface area contributed by atoms with Crippen molar-refractivity contribution in [1.82, 2.24) is 4.98 Å². The molecule has 0 radical (unpaired) electrons. The molecule has 2 rings (SSSR count). The van der Waals surface area contributed by atoms with Gasteiger partial charge in [0.1, 0.15) is 5.75 Å². The Bertz CT molecular complexity index is 687. The van der Waals surface area contributed by atoms with Crippen LogP contribution < -0.4 is 10.2 Å². The molecule has 4 nitrogen and oxygen atoms in total. The maximum atomic E-state index is 6.31. The molecule has 0 saturated carbocycles. The molecule has 0 bridgehead atoms. The topological polar surface area (TPSA) is 46.5 Å². The van der Waals surface area contributed by atoms with E-state index in [4.69, 9.17) is 16.3 Å². The minimum Gasteiger partial charge on any atom is -0.494 e. The Hall–Kier alpha value is -1.59. The molecule has 0 amide bonds. The van der Waals surface area contributed by atoms with E-state index in [2.05, 4.69) is 22.4 Å². The Balaban J connectivity index is 1.69. The lowest BCUT2D eigenvalue weighted by molar-refractivity contribution is 0.304. The molecule has 0 fully saturated rings. The molecule has 26 heavy (non-hydrogen) atoms. The average Bonchev–Trinajstić information content (AvgIpc) is 3.04. The monoisotopic (exact) mass is 393 g/mol. The molecule has 0 unspecified atom stereocenters. The fraction of sp³-hybridized carbons (Fsp3) is 0.500. The lowest BCUT2D eigenvalue weighted by Crippen LogP contribution is -1.98. The maximum absolute atomic E-state index is 6.31. The van der Waals surface area contributed by atoms with Gasteiger partial charge in [-0.25, -0.2) is 4.98 Å². The van der Waals surface area contributed by atoms with Gasteiger partial charge in [0.25, 0.3) is 0 Å². The zero-order valence-electron chi connectivity index (χ0n) is 15.6. The predicted molar refractivity (Wildman–Crippen MR) is 113 cm³/mol. The Kier molecular flexibility index (Phi) is 9.50. The van der Waals surface area contributed by atoms with E-state index in [1.54, 1.807) is 6.21 Å². The van der Waals surface area contributed by atoms with Crippen molar-refractivity contribution in [3.63, 3.8) is 0 Å². The van der Waals surface area contributed by atoms with Crippen molar-refractivity contribution in [2.24, 2.45) is 5.10 Å². The first-order valence-corrected chi connectivity index (χ1v) is 10.6. The number of nitrogens with zero attached hydrogens (tertiary/aromatic N) is 2. The Labute approximate surface area is 165 Å². The fourth-order valence-corrected chi connectivity index (χ4v) is 3.37. The number of nitrogens with one attached hydrogen (secondary N) is 1. The van der Waals surface area contributed by atoms with Crippen LogP contribution >= 0.6 is 22.9 Å². The molecule has 1 aromatic heterocycles. The van der Waals surface area contributed by atoms with Gasteiger partial charge in [-0.2, -0.15) is 5.10 Å². The van der Waals surface area contributed by atoms with Crippen molar-refractivity contribution in [3.8, 4) is 5.75 Å². The van der Waals surface area contributed by atoms with Gasteiger partial charge in [0.2, 0.25) is 5.13 Å². The van der Waals surface area contributed by atoms with E-state index in [-0.39, 0.29) is 0 Å². The number of hydrazone groups is 1. The number of halogens is 1. The van der Waals surface area contributed by atoms with E-state index in [0.717, 1.165) is 35.2 Å². The van der Waals surface area contributed by atoms with Gasteiger partial charge >= 0.3 is 0 Å². The lowest BCUT2D eigenvalue weighted by atomic mass is 10.1. The minimum absolute atomic E-state index is 0.628. The molecule has 0 aliphatic rings.